The minimum absolute atomic E-state index is 0.989. The summed E-state index contributed by atoms with van der Waals surface area (Å²) in [6.45, 7) is 0. The number of benzene rings is 6. The number of imidazole rings is 1. The van der Waals surface area contributed by atoms with E-state index in [0.717, 1.165) is 38.9 Å². The largest absolute Gasteiger partial charge is 0.309 e. The molecule has 216 valence electrons. The van der Waals surface area contributed by atoms with Crippen molar-refractivity contribution in [2.45, 2.75) is 0 Å². The van der Waals surface area contributed by atoms with Crippen molar-refractivity contribution in [3.8, 4) is 33.9 Å². The predicted molar refractivity (Wildman–Crippen MR) is 193 cm³/mol. The van der Waals surface area contributed by atoms with Crippen LogP contribution < -0.4 is 0 Å². The van der Waals surface area contributed by atoms with E-state index < -0.39 is 0 Å². The third-order valence-electron chi connectivity index (χ3n) is 9.22. The maximum Gasteiger partial charge on any atom is 0.194 e. The molecule has 6 aromatic carbocycles. The van der Waals surface area contributed by atoms with Crippen LogP contribution in [0.15, 0.2) is 157 Å². The van der Waals surface area contributed by atoms with Gasteiger partial charge >= 0.3 is 0 Å². The fourth-order valence-electron chi connectivity index (χ4n) is 7.20. The molecule has 4 aromatic heterocycles. The Morgan fingerprint density at radius 1 is 0.435 bits per heavy atom. The lowest BCUT2D eigenvalue weighted by Gasteiger charge is -2.11. The van der Waals surface area contributed by atoms with E-state index in [2.05, 4.69) is 171 Å². The van der Waals surface area contributed by atoms with Gasteiger partial charge in [-0.15, -0.1) is 11.3 Å². The lowest BCUT2D eigenvalue weighted by molar-refractivity contribution is 1.18. The van der Waals surface area contributed by atoms with E-state index in [-0.39, 0.29) is 0 Å². The smallest absolute Gasteiger partial charge is 0.194 e. The summed E-state index contributed by atoms with van der Waals surface area (Å²) in [6, 6.07) is 52.4. The van der Waals surface area contributed by atoms with Crippen molar-refractivity contribution in [1.82, 2.24) is 18.5 Å². The molecule has 10 rings (SSSR count). The molecular weight excluding hydrogens is 581 g/mol. The number of hydrogen-bond acceptors (Lipinski definition) is 2. The number of rotatable bonds is 4. The van der Waals surface area contributed by atoms with Crippen LogP contribution in [0.3, 0.4) is 0 Å². The van der Waals surface area contributed by atoms with E-state index in [4.69, 9.17) is 4.98 Å². The average molecular weight is 607 g/mol. The minimum Gasteiger partial charge on any atom is -0.309 e. The van der Waals surface area contributed by atoms with Crippen molar-refractivity contribution in [2.75, 3.05) is 0 Å². The fraction of sp³-hybridized carbons (Fsp3) is 0. The first-order valence-electron chi connectivity index (χ1n) is 15.5. The third-order valence-corrected chi connectivity index (χ3v) is 9.98. The Balaban J connectivity index is 1.09. The van der Waals surface area contributed by atoms with E-state index in [9.17, 15) is 0 Å². The van der Waals surface area contributed by atoms with Crippen LogP contribution in [0, 0.1) is 0 Å². The van der Waals surface area contributed by atoms with Gasteiger partial charge in [0.2, 0.25) is 0 Å². The lowest BCUT2D eigenvalue weighted by Crippen LogP contribution is -1.95. The summed E-state index contributed by atoms with van der Waals surface area (Å²) in [5.41, 5.74) is 11.5. The second-order valence-electron chi connectivity index (χ2n) is 11.7. The van der Waals surface area contributed by atoms with Crippen LogP contribution in [0.5, 0.6) is 0 Å². The monoisotopic (exact) mass is 606 g/mol. The molecule has 0 spiro atoms. The van der Waals surface area contributed by atoms with Gasteiger partial charge in [-0.1, -0.05) is 97.1 Å². The van der Waals surface area contributed by atoms with Gasteiger partial charge in [-0.3, -0.25) is 4.40 Å². The summed E-state index contributed by atoms with van der Waals surface area (Å²) in [6.07, 6.45) is 2.12. The van der Waals surface area contributed by atoms with Gasteiger partial charge in [-0.25, -0.2) is 4.98 Å². The number of nitrogens with zero attached hydrogens (tertiary/aromatic N) is 4. The molecule has 0 amide bonds. The Labute approximate surface area is 268 Å². The zero-order valence-electron chi connectivity index (χ0n) is 24.7. The van der Waals surface area contributed by atoms with E-state index in [0.29, 0.717) is 0 Å². The Kier molecular flexibility index (Phi) is 5.41. The number of thiazole rings is 1. The molecule has 0 radical (unpaired) electrons. The van der Waals surface area contributed by atoms with Crippen LogP contribution >= 0.6 is 11.3 Å². The molecule has 0 fully saturated rings. The van der Waals surface area contributed by atoms with E-state index >= 15 is 0 Å². The molecule has 46 heavy (non-hydrogen) atoms. The van der Waals surface area contributed by atoms with Crippen molar-refractivity contribution in [3.63, 3.8) is 0 Å². The summed E-state index contributed by atoms with van der Waals surface area (Å²) in [5, 5.41) is 7.17. The first-order chi connectivity index (χ1) is 22.8. The summed E-state index contributed by atoms with van der Waals surface area (Å²) >= 11 is 1.66. The standard InChI is InChI=1S/C41H26N4S/c1-5-13-35-31(9-1)32-10-2-6-14-36(32)44(35)29-21-17-27(18-22-29)39-40(43-25-26-46-41(43)42-39)28-19-23-30(24-20-28)45-37-15-7-3-11-33(37)34-12-4-8-16-38(34)45/h1-26H. The van der Waals surface area contributed by atoms with E-state index in [1.165, 1.54) is 43.6 Å². The van der Waals surface area contributed by atoms with Crippen LogP contribution in [0.1, 0.15) is 0 Å². The molecule has 0 saturated carbocycles. The molecule has 4 heterocycles. The zero-order chi connectivity index (χ0) is 30.2. The maximum atomic E-state index is 5.14. The lowest BCUT2D eigenvalue weighted by atomic mass is 10.0. The SMILES string of the molecule is c1ccc2c(c1)c1ccccc1n2-c1ccc(-c2nc3sccn3c2-c2ccc(-n3c4ccccc4c4ccccc43)cc2)cc1. The van der Waals surface area contributed by atoms with Crippen molar-refractivity contribution in [1.29, 1.82) is 0 Å². The Morgan fingerprint density at radius 3 is 1.30 bits per heavy atom. The van der Waals surface area contributed by atoms with Gasteiger partial charge in [0.25, 0.3) is 0 Å². The third kappa shape index (κ3) is 3.63. The van der Waals surface area contributed by atoms with E-state index in [1.807, 2.05) is 0 Å². The van der Waals surface area contributed by atoms with E-state index in [1.54, 1.807) is 11.3 Å². The highest BCUT2D eigenvalue weighted by Gasteiger charge is 2.19. The summed E-state index contributed by atoms with van der Waals surface area (Å²) in [5.74, 6) is 0. The molecule has 0 aliphatic heterocycles. The topological polar surface area (TPSA) is 27.2 Å². The molecule has 5 heteroatoms. The Hall–Kier alpha value is -5.91. The summed E-state index contributed by atoms with van der Waals surface area (Å²) < 4.78 is 6.93. The summed E-state index contributed by atoms with van der Waals surface area (Å²) in [4.78, 5) is 6.12. The van der Waals surface area contributed by atoms with Gasteiger partial charge < -0.3 is 9.13 Å². The molecule has 0 bridgehead atoms. The fourth-order valence-corrected chi connectivity index (χ4v) is 7.91. The number of fused-ring (bicyclic) bond motifs is 7. The highest BCUT2D eigenvalue weighted by molar-refractivity contribution is 7.15. The van der Waals surface area contributed by atoms with Crippen LogP contribution in [0.2, 0.25) is 0 Å². The maximum absolute atomic E-state index is 5.14. The van der Waals surface area contributed by atoms with Crippen LogP contribution in [0.4, 0.5) is 0 Å². The number of hydrogen-bond donors (Lipinski definition) is 0. The molecule has 10 aromatic rings. The first kappa shape index (κ1) is 25.4. The molecule has 0 aliphatic carbocycles. The van der Waals surface area contributed by atoms with Gasteiger partial charge in [0.15, 0.2) is 4.96 Å². The molecule has 0 saturated heterocycles. The number of aromatic nitrogens is 4. The second kappa shape index (κ2) is 9.80. The molecule has 4 nitrogen and oxygen atoms in total. The molecule has 0 aliphatic rings. The molecule has 0 unspecified atom stereocenters. The Bertz CT molecular complexity index is 2630. The quantitative estimate of drug-likeness (QED) is 0.196. The van der Waals surface area contributed by atoms with Crippen LogP contribution in [0.25, 0.3) is 82.5 Å². The highest BCUT2D eigenvalue weighted by Crippen LogP contribution is 2.38. The van der Waals surface area contributed by atoms with Gasteiger partial charge in [0, 0.05) is 55.6 Å². The van der Waals surface area contributed by atoms with Gasteiger partial charge in [0.05, 0.1) is 33.5 Å². The van der Waals surface area contributed by atoms with Gasteiger partial charge in [0.1, 0.15) is 0 Å². The normalized spacial score (nSPS) is 11.9. The second-order valence-corrected chi connectivity index (χ2v) is 12.6. The van der Waals surface area contributed by atoms with Crippen molar-refractivity contribution in [2.24, 2.45) is 0 Å². The Morgan fingerprint density at radius 2 is 0.848 bits per heavy atom. The van der Waals surface area contributed by atoms with Gasteiger partial charge in [-0.05, 0) is 48.5 Å². The highest BCUT2D eigenvalue weighted by atomic mass is 32.1. The summed E-state index contributed by atoms with van der Waals surface area (Å²) in [7, 11) is 0. The van der Waals surface area contributed by atoms with Crippen molar-refractivity contribution >= 4 is 59.9 Å². The van der Waals surface area contributed by atoms with Gasteiger partial charge in [-0.2, -0.15) is 0 Å². The van der Waals surface area contributed by atoms with Crippen LogP contribution in [-0.2, 0) is 0 Å². The average Bonchev–Trinajstić information content (AvgIpc) is 3.88. The predicted octanol–water partition coefficient (Wildman–Crippen LogP) is 10.9. The first-order valence-corrected chi connectivity index (χ1v) is 16.3. The molecular formula is C41H26N4S. The van der Waals surface area contributed by atoms with Crippen molar-refractivity contribution in [3.05, 3.63) is 157 Å². The molecule has 0 atom stereocenters. The minimum atomic E-state index is 0.989. The zero-order valence-corrected chi connectivity index (χ0v) is 25.5. The van der Waals surface area contributed by atoms with Crippen LogP contribution in [-0.4, -0.2) is 18.5 Å². The molecule has 0 N–H and O–H groups in total. The van der Waals surface area contributed by atoms with Crippen molar-refractivity contribution < 1.29 is 0 Å². The number of para-hydroxylation sites is 4.